The molecular weight excluding hydrogens is 308 g/mol. The Morgan fingerprint density at radius 3 is 2.08 bits per heavy atom. The van der Waals surface area contributed by atoms with Gasteiger partial charge in [0.15, 0.2) is 0 Å². The van der Waals surface area contributed by atoms with Crippen LogP contribution in [0.15, 0.2) is 48.5 Å². The monoisotopic (exact) mass is 334 g/mol. The number of hydrogen-bond acceptors (Lipinski definition) is 2. The fourth-order valence-corrected chi connectivity index (χ4v) is 4.03. The van der Waals surface area contributed by atoms with Gasteiger partial charge in [-0.25, -0.2) is 0 Å². The summed E-state index contributed by atoms with van der Waals surface area (Å²) in [5.41, 5.74) is 4.80. The second-order valence-corrected chi connectivity index (χ2v) is 7.66. The van der Waals surface area contributed by atoms with Crippen LogP contribution in [0.2, 0.25) is 0 Å². The van der Waals surface area contributed by atoms with Gasteiger partial charge >= 0.3 is 0 Å². The lowest BCUT2D eigenvalue weighted by Crippen LogP contribution is -2.33. The van der Waals surface area contributed by atoms with Gasteiger partial charge in [0.25, 0.3) is 0 Å². The maximum atomic E-state index is 13.1. The van der Waals surface area contributed by atoms with Crippen LogP contribution in [-0.2, 0) is 11.2 Å². The maximum Gasteiger partial charge on any atom is 0.244 e. The second kappa shape index (κ2) is 5.99. The highest BCUT2D eigenvalue weighted by Gasteiger charge is 2.63. The molecule has 0 N–H and O–H groups in total. The number of aryl methyl sites for hydroxylation is 2. The van der Waals surface area contributed by atoms with Gasteiger partial charge in [-0.1, -0.05) is 59.7 Å². The number of nitrogens with zero attached hydrogens (tertiary/aromatic N) is 2. The summed E-state index contributed by atoms with van der Waals surface area (Å²) in [7, 11) is 2.11. The topological polar surface area (TPSA) is 23.6 Å². The number of likely N-dealkylation sites (N-methyl/N-ethyl adjacent to an activating group) is 1. The Labute approximate surface area is 150 Å². The van der Waals surface area contributed by atoms with Crippen LogP contribution in [0.25, 0.3) is 0 Å². The van der Waals surface area contributed by atoms with E-state index < -0.39 is 0 Å². The molecule has 1 heterocycles. The molecule has 1 atom stereocenters. The number of amides is 1. The zero-order valence-electron chi connectivity index (χ0n) is 15.3. The quantitative estimate of drug-likeness (QED) is 0.848. The van der Waals surface area contributed by atoms with Crippen molar-refractivity contribution < 1.29 is 4.79 Å². The van der Waals surface area contributed by atoms with Crippen molar-refractivity contribution in [1.82, 2.24) is 9.80 Å². The summed E-state index contributed by atoms with van der Waals surface area (Å²) in [6.07, 6.45) is 2.94. The van der Waals surface area contributed by atoms with Gasteiger partial charge in [0, 0.05) is 6.54 Å². The van der Waals surface area contributed by atoms with Crippen LogP contribution in [0, 0.1) is 13.8 Å². The predicted molar refractivity (Wildman–Crippen MR) is 100 cm³/mol. The van der Waals surface area contributed by atoms with Crippen molar-refractivity contribution in [3.8, 4) is 0 Å². The Bertz CT molecular complexity index is 775. The van der Waals surface area contributed by atoms with Gasteiger partial charge in [-0.15, -0.1) is 0 Å². The fourth-order valence-electron chi connectivity index (χ4n) is 4.03. The summed E-state index contributed by atoms with van der Waals surface area (Å²) in [5.74, 6) is 0.313. The minimum absolute atomic E-state index is 0.0565. The smallest absolute Gasteiger partial charge is 0.244 e. The van der Waals surface area contributed by atoms with E-state index in [-0.39, 0.29) is 11.7 Å². The van der Waals surface area contributed by atoms with Crippen LogP contribution in [0.5, 0.6) is 0 Å². The molecule has 3 nitrogen and oxygen atoms in total. The molecule has 1 aliphatic carbocycles. The van der Waals surface area contributed by atoms with E-state index in [0.29, 0.717) is 5.91 Å². The van der Waals surface area contributed by atoms with Crippen molar-refractivity contribution in [3.63, 3.8) is 0 Å². The molecule has 25 heavy (non-hydrogen) atoms. The van der Waals surface area contributed by atoms with Crippen molar-refractivity contribution in [3.05, 3.63) is 70.8 Å². The highest BCUT2D eigenvalue weighted by molar-refractivity contribution is 5.92. The van der Waals surface area contributed by atoms with Gasteiger partial charge in [-0.05, 0) is 51.3 Å². The summed E-state index contributed by atoms with van der Waals surface area (Å²) in [5, 5.41) is 0. The SMILES string of the molecule is Cc1ccc(CCN2C(=O)C3(CC3)N(C)C2c2ccc(C)cc2)cc1. The molecule has 0 bridgehead atoms. The molecule has 1 unspecified atom stereocenters. The number of carbonyl (C=O) groups excluding carboxylic acids is 1. The Morgan fingerprint density at radius 1 is 0.960 bits per heavy atom. The molecule has 1 spiro atoms. The Hall–Kier alpha value is -2.13. The van der Waals surface area contributed by atoms with E-state index in [9.17, 15) is 4.79 Å². The van der Waals surface area contributed by atoms with E-state index in [1.807, 2.05) is 0 Å². The number of rotatable bonds is 4. The summed E-state index contributed by atoms with van der Waals surface area (Å²) >= 11 is 0. The first kappa shape index (κ1) is 16.3. The third-order valence-corrected chi connectivity index (χ3v) is 5.86. The van der Waals surface area contributed by atoms with E-state index in [1.54, 1.807) is 0 Å². The fraction of sp³-hybridized carbons (Fsp3) is 0.409. The largest absolute Gasteiger partial charge is 0.321 e. The zero-order valence-corrected chi connectivity index (χ0v) is 15.3. The molecule has 130 valence electrons. The summed E-state index contributed by atoms with van der Waals surface area (Å²) in [4.78, 5) is 17.5. The molecule has 2 aromatic rings. The third kappa shape index (κ3) is 2.77. The molecule has 0 aromatic heterocycles. The first-order chi connectivity index (χ1) is 12.0. The van der Waals surface area contributed by atoms with Gasteiger partial charge in [-0.3, -0.25) is 9.69 Å². The summed E-state index contributed by atoms with van der Waals surface area (Å²) < 4.78 is 0. The number of carbonyl (C=O) groups is 1. The van der Waals surface area contributed by atoms with Crippen molar-refractivity contribution in [2.24, 2.45) is 0 Å². The Kier molecular flexibility index (Phi) is 3.92. The van der Waals surface area contributed by atoms with Crippen LogP contribution in [0.1, 0.15) is 41.3 Å². The van der Waals surface area contributed by atoms with Gasteiger partial charge in [0.2, 0.25) is 5.91 Å². The molecule has 4 rings (SSSR count). The van der Waals surface area contributed by atoms with Crippen LogP contribution in [0.3, 0.4) is 0 Å². The number of benzene rings is 2. The van der Waals surface area contributed by atoms with Gasteiger partial charge in [-0.2, -0.15) is 0 Å². The van der Waals surface area contributed by atoms with Gasteiger partial charge in [0.05, 0.1) is 0 Å². The van der Waals surface area contributed by atoms with Crippen molar-refractivity contribution in [1.29, 1.82) is 0 Å². The van der Waals surface area contributed by atoms with Gasteiger partial charge < -0.3 is 4.90 Å². The normalized spacial score (nSPS) is 22.0. The van der Waals surface area contributed by atoms with Crippen molar-refractivity contribution in [2.45, 2.75) is 44.8 Å². The van der Waals surface area contributed by atoms with Crippen LogP contribution >= 0.6 is 0 Å². The molecule has 1 saturated heterocycles. The molecule has 2 aromatic carbocycles. The Balaban J connectivity index is 1.59. The van der Waals surface area contributed by atoms with Crippen molar-refractivity contribution >= 4 is 5.91 Å². The summed E-state index contributed by atoms with van der Waals surface area (Å²) in [6, 6.07) is 17.3. The number of hydrogen-bond donors (Lipinski definition) is 0. The molecule has 1 saturated carbocycles. The Morgan fingerprint density at radius 2 is 1.52 bits per heavy atom. The lowest BCUT2D eigenvalue weighted by molar-refractivity contribution is -0.130. The van der Waals surface area contributed by atoms with E-state index in [1.165, 1.54) is 22.3 Å². The third-order valence-electron chi connectivity index (χ3n) is 5.86. The first-order valence-corrected chi connectivity index (χ1v) is 9.17. The highest BCUT2D eigenvalue weighted by atomic mass is 16.2. The maximum absolute atomic E-state index is 13.1. The molecule has 3 heteroatoms. The lowest BCUT2D eigenvalue weighted by Gasteiger charge is -2.29. The van der Waals surface area contributed by atoms with Crippen LogP contribution in [0.4, 0.5) is 0 Å². The highest BCUT2D eigenvalue weighted by Crippen LogP contribution is 2.52. The van der Waals surface area contributed by atoms with E-state index in [4.69, 9.17) is 0 Å². The van der Waals surface area contributed by atoms with E-state index >= 15 is 0 Å². The van der Waals surface area contributed by atoms with Crippen molar-refractivity contribution in [2.75, 3.05) is 13.6 Å². The summed E-state index contributed by atoms with van der Waals surface area (Å²) in [6.45, 7) is 4.98. The average molecular weight is 334 g/mol. The minimum atomic E-state index is -0.233. The molecule has 1 amide bonds. The molecular formula is C22H26N2O. The van der Waals surface area contributed by atoms with E-state index in [0.717, 1.165) is 25.8 Å². The zero-order chi connectivity index (χ0) is 17.6. The van der Waals surface area contributed by atoms with Crippen LogP contribution in [-0.4, -0.2) is 34.8 Å². The van der Waals surface area contributed by atoms with Crippen LogP contribution < -0.4 is 0 Å². The minimum Gasteiger partial charge on any atom is -0.321 e. The molecule has 1 aliphatic heterocycles. The first-order valence-electron chi connectivity index (χ1n) is 9.17. The van der Waals surface area contributed by atoms with Gasteiger partial charge in [0.1, 0.15) is 11.7 Å². The molecule has 2 fully saturated rings. The lowest BCUT2D eigenvalue weighted by atomic mass is 10.1. The molecule has 0 radical (unpaired) electrons. The standard InChI is InChI=1S/C22H26N2O/c1-16-4-8-18(9-5-16)12-15-24-20(19-10-6-17(2)7-11-19)23(3)22(13-14-22)21(24)25/h4-11,20H,12-15H2,1-3H3. The van der Waals surface area contributed by atoms with E-state index in [2.05, 4.69) is 79.2 Å². The average Bonchev–Trinajstić information content (AvgIpc) is 3.39. The predicted octanol–water partition coefficient (Wildman–Crippen LogP) is 3.85. The molecule has 2 aliphatic rings. The second-order valence-electron chi connectivity index (χ2n) is 7.66.